The average Bonchev–Trinajstić information content (AvgIpc) is 2.55. The van der Waals surface area contributed by atoms with Crippen LogP contribution in [0.4, 0.5) is 0 Å². The SMILES string of the molecule is Cc1ccccc1CN(CC(C)C)C[C@H](O)COc1ccccc1. The Morgan fingerprint density at radius 2 is 1.62 bits per heavy atom. The van der Waals surface area contributed by atoms with E-state index in [-0.39, 0.29) is 0 Å². The molecule has 0 radical (unpaired) electrons. The number of para-hydroxylation sites is 1. The third-order valence-electron chi connectivity index (χ3n) is 3.93. The van der Waals surface area contributed by atoms with Crippen LogP contribution in [0, 0.1) is 12.8 Å². The number of hydrogen-bond acceptors (Lipinski definition) is 3. The van der Waals surface area contributed by atoms with Crippen molar-refractivity contribution in [3.05, 3.63) is 65.7 Å². The Bertz CT molecular complexity index is 598. The monoisotopic (exact) mass is 327 g/mol. The molecular weight excluding hydrogens is 298 g/mol. The van der Waals surface area contributed by atoms with Crippen LogP contribution >= 0.6 is 0 Å². The van der Waals surface area contributed by atoms with Gasteiger partial charge < -0.3 is 9.84 Å². The highest BCUT2D eigenvalue weighted by atomic mass is 16.5. The second-order valence-electron chi connectivity index (χ2n) is 6.79. The molecule has 3 nitrogen and oxygen atoms in total. The summed E-state index contributed by atoms with van der Waals surface area (Å²) in [5, 5.41) is 10.4. The molecule has 2 aromatic rings. The molecule has 0 aliphatic rings. The molecule has 0 amide bonds. The summed E-state index contributed by atoms with van der Waals surface area (Å²) in [6.45, 7) is 9.28. The summed E-state index contributed by atoms with van der Waals surface area (Å²) in [5.41, 5.74) is 2.61. The van der Waals surface area contributed by atoms with Gasteiger partial charge in [-0.05, 0) is 36.1 Å². The molecule has 3 heteroatoms. The fourth-order valence-electron chi connectivity index (χ4n) is 2.81. The zero-order chi connectivity index (χ0) is 17.4. The molecule has 1 N–H and O–H groups in total. The van der Waals surface area contributed by atoms with E-state index in [0.717, 1.165) is 18.8 Å². The number of aryl methyl sites for hydroxylation is 1. The van der Waals surface area contributed by atoms with Gasteiger partial charge in [-0.25, -0.2) is 0 Å². The first-order valence-electron chi connectivity index (χ1n) is 8.67. The van der Waals surface area contributed by atoms with Crippen LogP contribution in [-0.4, -0.2) is 35.8 Å². The van der Waals surface area contributed by atoms with Crippen LogP contribution < -0.4 is 4.74 Å². The molecule has 0 fully saturated rings. The van der Waals surface area contributed by atoms with E-state index in [0.29, 0.717) is 19.1 Å². The van der Waals surface area contributed by atoms with Gasteiger partial charge >= 0.3 is 0 Å². The van der Waals surface area contributed by atoms with Gasteiger partial charge in [0.05, 0.1) is 0 Å². The Kier molecular flexibility index (Phi) is 7.29. The number of rotatable bonds is 9. The molecule has 0 saturated heterocycles. The highest BCUT2D eigenvalue weighted by Crippen LogP contribution is 2.13. The van der Waals surface area contributed by atoms with Gasteiger partial charge in [-0.2, -0.15) is 0 Å². The molecule has 0 aliphatic heterocycles. The molecular formula is C21H29NO2. The number of aliphatic hydroxyl groups is 1. The van der Waals surface area contributed by atoms with Crippen molar-refractivity contribution in [2.45, 2.75) is 33.4 Å². The maximum atomic E-state index is 10.4. The van der Waals surface area contributed by atoms with Crippen LogP contribution in [0.3, 0.4) is 0 Å². The van der Waals surface area contributed by atoms with Gasteiger partial charge in [0.25, 0.3) is 0 Å². The first-order valence-corrected chi connectivity index (χ1v) is 8.67. The van der Waals surface area contributed by atoms with Crippen molar-refractivity contribution in [1.82, 2.24) is 4.90 Å². The lowest BCUT2D eigenvalue weighted by Gasteiger charge is -2.27. The maximum absolute atomic E-state index is 10.4. The molecule has 0 aromatic heterocycles. The van der Waals surface area contributed by atoms with Crippen LogP contribution in [-0.2, 0) is 6.54 Å². The van der Waals surface area contributed by atoms with Gasteiger partial charge in [0, 0.05) is 19.6 Å². The van der Waals surface area contributed by atoms with Gasteiger partial charge in [-0.15, -0.1) is 0 Å². The molecule has 0 saturated carbocycles. The van der Waals surface area contributed by atoms with Crippen LogP contribution in [0.5, 0.6) is 5.75 Å². The lowest BCUT2D eigenvalue weighted by atomic mass is 10.1. The van der Waals surface area contributed by atoms with Crippen molar-refractivity contribution in [2.75, 3.05) is 19.7 Å². The number of aliphatic hydroxyl groups excluding tert-OH is 1. The fourth-order valence-corrected chi connectivity index (χ4v) is 2.81. The highest BCUT2D eigenvalue weighted by Gasteiger charge is 2.15. The minimum atomic E-state index is -0.507. The third-order valence-corrected chi connectivity index (χ3v) is 3.93. The molecule has 1 atom stereocenters. The first-order chi connectivity index (χ1) is 11.5. The van der Waals surface area contributed by atoms with Gasteiger partial charge in [-0.1, -0.05) is 56.3 Å². The van der Waals surface area contributed by atoms with E-state index < -0.39 is 6.10 Å². The zero-order valence-corrected chi connectivity index (χ0v) is 15.0. The Balaban J connectivity index is 1.91. The molecule has 2 aromatic carbocycles. The molecule has 130 valence electrons. The topological polar surface area (TPSA) is 32.7 Å². The van der Waals surface area contributed by atoms with Crippen molar-refractivity contribution in [2.24, 2.45) is 5.92 Å². The highest BCUT2D eigenvalue weighted by molar-refractivity contribution is 5.25. The largest absolute Gasteiger partial charge is 0.491 e. The van der Waals surface area contributed by atoms with Gasteiger partial charge in [0.15, 0.2) is 0 Å². The van der Waals surface area contributed by atoms with E-state index in [2.05, 4.69) is 49.9 Å². The molecule has 0 heterocycles. The Morgan fingerprint density at radius 1 is 0.958 bits per heavy atom. The van der Waals surface area contributed by atoms with Crippen LogP contribution in [0.1, 0.15) is 25.0 Å². The predicted octanol–water partition coefficient (Wildman–Crippen LogP) is 3.89. The summed E-state index contributed by atoms with van der Waals surface area (Å²) in [4.78, 5) is 2.31. The van der Waals surface area contributed by atoms with Crippen molar-refractivity contribution in [1.29, 1.82) is 0 Å². The van der Waals surface area contributed by atoms with E-state index >= 15 is 0 Å². The summed E-state index contributed by atoms with van der Waals surface area (Å²) in [6.07, 6.45) is -0.507. The standard InChI is InChI=1S/C21H29NO2/c1-17(2)13-22(14-19-10-8-7-9-18(19)3)15-20(23)16-24-21-11-5-4-6-12-21/h4-12,17,20,23H,13-16H2,1-3H3/t20-/m0/s1. The first kappa shape index (κ1) is 18.5. The van der Waals surface area contributed by atoms with Gasteiger partial charge in [0.2, 0.25) is 0 Å². The van der Waals surface area contributed by atoms with E-state index in [4.69, 9.17) is 4.74 Å². The third kappa shape index (κ3) is 6.34. The number of hydrogen-bond donors (Lipinski definition) is 1. The second-order valence-corrected chi connectivity index (χ2v) is 6.79. The van der Waals surface area contributed by atoms with Crippen molar-refractivity contribution in [3.63, 3.8) is 0 Å². The summed E-state index contributed by atoms with van der Waals surface area (Å²) in [7, 11) is 0. The van der Waals surface area contributed by atoms with Crippen molar-refractivity contribution < 1.29 is 9.84 Å². The summed E-state index contributed by atoms with van der Waals surface area (Å²) in [5.74, 6) is 1.35. The number of benzene rings is 2. The van der Waals surface area contributed by atoms with Crippen molar-refractivity contribution in [3.8, 4) is 5.75 Å². The maximum Gasteiger partial charge on any atom is 0.119 e. The molecule has 24 heavy (non-hydrogen) atoms. The smallest absolute Gasteiger partial charge is 0.119 e. The van der Waals surface area contributed by atoms with Crippen LogP contribution in [0.2, 0.25) is 0 Å². The average molecular weight is 327 g/mol. The van der Waals surface area contributed by atoms with E-state index in [1.165, 1.54) is 11.1 Å². The Labute approximate surface area is 145 Å². The van der Waals surface area contributed by atoms with Gasteiger partial charge in [-0.3, -0.25) is 4.90 Å². The normalized spacial score (nSPS) is 12.6. The van der Waals surface area contributed by atoms with Crippen molar-refractivity contribution >= 4 is 0 Å². The summed E-state index contributed by atoms with van der Waals surface area (Å²) < 4.78 is 5.67. The zero-order valence-electron chi connectivity index (χ0n) is 15.0. The lowest BCUT2D eigenvalue weighted by molar-refractivity contribution is 0.0614. The molecule has 0 unspecified atom stereocenters. The molecule has 0 bridgehead atoms. The Morgan fingerprint density at radius 3 is 2.29 bits per heavy atom. The molecule has 2 rings (SSSR count). The lowest BCUT2D eigenvalue weighted by Crippen LogP contribution is -2.37. The molecule has 0 aliphatic carbocycles. The summed E-state index contributed by atoms with van der Waals surface area (Å²) >= 11 is 0. The summed E-state index contributed by atoms with van der Waals surface area (Å²) in [6, 6.07) is 18.1. The quantitative estimate of drug-likeness (QED) is 0.758. The predicted molar refractivity (Wildman–Crippen MR) is 99.2 cm³/mol. The van der Waals surface area contributed by atoms with E-state index in [9.17, 15) is 5.11 Å². The van der Waals surface area contributed by atoms with Gasteiger partial charge in [0.1, 0.15) is 18.5 Å². The fraction of sp³-hybridized carbons (Fsp3) is 0.429. The van der Waals surface area contributed by atoms with E-state index in [1.807, 2.05) is 30.3 Å². The minimum absolute atomic E-state index is 0.312. The number of nitrogens with zero attached hydrogens (tertiary/aromatic N) is 1. The van der Waals surface area contributed by atoms with Crippen LogP contribution in [0.15, 0.2) is 54.6 Å². The molecule has 0 spiro atoms. The van der Waals surface area contributed by atoms with Crippen LogP contribution in [0.25, 0.3) is 0 Å². The Hall–Kier alpha value is -1.84. The van der Waals surface area contributed by atoms with E-state index in [1.54, 1.807) is 0 Å². The second kappa shape index (κ2) is 9.45. The minimum Gasteiger partial charge on any atom is -0.491 e. The number of ether oxygens (including phenoxy) is 1.